The Labute approximate surface area is 182 Å². The predicted molar refractivity (Wildman–Crippen MR) is 119 cm³/mol. The molecular weight excluding hydrogens is 424 g/mol. The number of para-hydroxylation sites is 2. The zero-order chi connectivity index (χ0) is 21.6. The second-order valence-corrected chi connectivity index (χ2v) is 10.2. The molecule has 160 valence electrons. The molecule has 0 N–H and O–H groups in total. The molecular formula is C21H25ClN4O3S. The van der Waals surface area contributed by atoms with Crippen LogP contribution in [0.2, 0.25) is 5.02 Å². The van der Waals surface area contributed by atoms with E-state index in [2.05, 4.69) is 16.8 Å². The van der Waals surface area contributed by atoms with Crippen molar-refractivity contribution in [3.63, 3.8) is 0 Å². The van der Waals surface area contributed by atoms with Gasteiger partial charge in [-0.2, -0.15) is 0 Å². The number of aryl methyl sites for hydroxylation is 1. The quantitative estimate of drug-likeness (QED) is 0.706. The summed E-state index contributed by atoms with van der Waals surface area (Å²) in [6.45, 7) is 5.32. The van der Waals surface area contributed by atoms with Gasteiger partial charge in [0, 0.05) is 38.2 Å². The minimum Gasteiger partial charge on any atom is -0.304 e. The molecule has 2 aliphatic heterocycles. The molecule has 2 aliphatic rings. The van der Waals surface area contributed by atoms with Gasteiger partial charge in [-0.15, -0.1) is 0 Å². The van der Waals surface area contributed by atoms with Crippen LogP contribution < -0.4 is 9.21 Å². The fraction of sp³-hybridized carbons (Fsp3) is 0.381. The molecule has 0 unspecified atom stereocenters. The first-order valence-corrected chi connectivity index (χ1v) is 11.6. The van der Waals surface area contributed by atoms with Crippen LogP contribution >= 0.6 is 11.6 Å². The van der Waals surface area contributed by atoms with Gasteiger partial charge >= 0.3 is 0 Å². The standard InChI is InChI=1S/C21H25ClN4O3S/c1-15-12-20-19(13-16(15)22)26(21(27)14-25-10-8-23(2)9-11-25)18-7-5-4-6-17(18)24(3)30(20,28)29/h4-7,12-13H,8-11,14H2,1-3H3. The van der Waals surface area contributed by atoms with E-state index in [0.717, 1.165) is 26.2 Å². The number of hydrogen-bond donors (Lipinski definition) is 0. The lowest BCUT2D eigenvalue weighted by Gasteiger charge is -2.33. The summed E-state index contributed by atoms with van der Waals surface area (Å²) in [5, 5.41) is 0.420. The maximum absolute atomic E-state index is 13.6. The van der Waals surface area contributed by atoms with Crippen LogP contribution in [0.4, 0.5) is 17.1 Å². The molecule has 30 heavy (non-hydrogen) atoms. The van der Waals surface area contributed by atoms with E-state index in [0.29, 0.717) is 27.6 Å². The number of rotatable bonds is 2. The van der Waals surface area contributed by atoms with Gasteiger partial charge < -0.3 is 4.90 Å². The van der Waals surface area contributed by atoms with E-state index >= 15 is 0 Å². The average molecular weight is 449 g/mol. The second kappa shape index (κ2) is 7.85. The summed E-state index contributed by atoms with van der Waals surface area (Å²) in [6, 6.07) is 10.2. The van der Waals surface area contributed by atoms with Crippen molar-refractivity contribution in [3.8, 4) is 0 Å². The smallest absolute Gasteiger partial charge is 0.266 e. The number of sulfonamides is 1. The van der Waals surface area contributed by atoms with Gasteiger partial charge in [-0.05, 0) is 43.8 Å². The molecule has 2 aromatic carbocycles. The number of likely N-dealkylation sites (N-methyl/N-ethyl adjacent to an activating group) is 1. The molecule has 0 aliphatic carbocycles. The lowest BCUT2D eigenvalue weighted by atomic mass is 10.1. The number of fused-ring (bicyclic) bond motifs is 2. The molecule has 1 fully saturated rings. The van der Waals surface area contributed by atoms with Gasteiger partial charge in [-0.3, -0.25) is 18.9 Å². The molecule has 0 bridgehead atoms. The molecule has 2 aromatic rings. The fourth-order valence-electron chi connectivity index (χ4n) is 3.89. The Hall–Kier alpha value is -2.13. The fourth-order valence-corrected chi connectivity index (χ4v) is 5.50. The van der Waals surface area contributed by atoms with E-state index in [-0.39, 0.29) is 17.3 Å². The third-order valence-electron chi connectivity index (χ3n) is 5.79. The topological polar surface area (TPSA) is 64.2 Å². The average Bonchev–Trinajstić information content (AvgIpc) is 2.78. The van der Waals surface area contributed by atoms with Crippen molar-refractivity contribution in [3.05, 3.63) is 47.0 Å². The maximum atomic E-state index is 13.6. The molecule has 4 rings (SSSR count). The van der Waals surface area contributed by atoms with E-state index < -0.39 is 10.0 Å². The highest BCUT2D eigenvalue weighted by molar-refractivity contribution is 7.93. The van der Waals surface area contributed by atoms with Crippen molar-refractivity contribution >= 4 is 44.6 Å². The van der Waals surface area contributed by atoms with Gasteiger partial charge in [0.25, 0.3) is 10.0 Å². The van der Waals surface area contributed by atoms with Crippen molar-refractivity contribution in [1.82, 2.24) is 9.80 Å². The Morgan fingerprint density at radius 1 is 1.00 bits per heavy atom. The number of piperazine rings is 1. The molecule has 0 saturated carbocycles. The van der Waals surface area contributed by atoms with E-state index in [4.69, 9.17) is 11.6 Å². The summed E-state index contributed by atoms with van der Waals surface area (Å²) >= 11 is 6.37. The van der Waals surface area contributed by atoms with Gasteiger partial charge in [0.2, 0.25) is 5.91 Å². The molecule has 0 radical (unpaired) electrons. The monoisotopic (exact) mass is 448 g/mol. The Morgan fingerprint density at radius 3 is 2.30 bits per heavy atom. The number of hydrogen-bond acceptors (Lipinski definition) is 5. The van der Waals surface area contributed by atoms with Gasteiger partial charge in [-0.1, -0.05) is 23.7 Å². The number of carbonyl (C=O) groups is 1. The van der Waals surface area contributed by atoms with Crippen LogP contribution in [0.15, 0.2) is 41.3 Å². The maximum Gasteiger partial charge on any atom is 0.266 e. The summed E-state index contributed by atoms with van der Waals surface area (Å²) in [7, 11) is -0.285. The first-order chi connectivity index (χ1) is 14.2. The molecule has 7 nitrogen and oxygen atoms in total. The minimum absolute atomic E-state index is 0.0785. The van der Waals surface area contributed by atoms with E-state index in [1.807, 2.05) is 0 Å². The summed E-state index contributed by atoms with van der Waals surface area (Å²) in [4.78, 5) is 19.5. The molecule has 0 aromatic heterocycles. The number of amides is 1. The SMILES string of the molecule is Cc1cc2c(cc1Cl)N(C(=O)CN1CCN(C)CC1)c1ccccc1N(C)S2(=O)=O. The van der Waals surface area contributed by atoms with Gasteiger partial charge in [0.15, 0.2) is 0 Å². The van der Waals surface area contributed by atoms with Crippen LogP contribution in [0.3, 0.4) is 0 Å². The lowest BCUT2D eigenvalue weighted by molar-refractivity contribution is -0.119. The highest BCUT2D eigenvalue weighted by atomic mass is 35.5. The Balaban J connectivity index is 1.86. The number of carbonyl (C=O) groups excluding carboxylic acids is 1. The van der Waals surface area contributed by atoms with Crippen molar-refractivity contribution < 1.29 is 13.2 Å². The summed E-state index contributed by atoms with van der Waals surface area (Å²) < 4.78 is 28.0. The summed E-state index contributed by atoms with van der Waals surface area (Å²) in [5.41, 5.74) is 1.92. The molecule has 1 amide bonds. The van der Waals surface area contributed by atoms with Gasteiger partial charge in [0.1, 0.15) is 4.90 Å². The number of benzene rings is 2. The second-order valence-electron chi connectivity index (χ2n) is 7.84. The lowest BCUT2D eigenvalue weighted by Crippen LogP contribution is -2.48. The minimum atomic E-state index is -3.86. The van der Waals surface area contributed by atoms with Crippen LogP contribution in [-0.2, 0) is 14.8 Å². The van der Waals surface area contributed by atoms with Gasteiger partial charge in [0.05, 0.1) is 23.6 Å². The van der Waals surface area contributed by atoms with Crippen LogP contribution in [-0.4, -0.2) is 70.9 Å². The van der Waals surface area contributed by atoms with E-state index in [1.165, 1.54) is 16.3 Å². The van der Waals surface area contributed by atoms with Crippen molar-refractivity contribution in [1.29, 1.82) is 0 Å². The molecule has 2 heterocycles. The number of nitrogens with zero attached hydrogens (tertiary/aromatic N) is 4. The molecule has 0 atom stereocenters. The van der Waals surface area contributed by atoms with Crippen molar-refractivity contribution in [2.45, 2.75) is 11.8 Å². The van der Waals surface area contributed by atoms with Crippen LogP contribution in [0.1, 0.15) is 5.56 Å². The summed E-state index contributed by atoms with van der Waals surface area (Å²) in [5.74, 6) is -0.182. The largest absolute Gasteiger partial charge is 0.304 e. The zero-order valence-electron chi connectivity index (χ0n) is 17.3. The van der Waals surface area contributed by atoms with Crippen LogP contribution in [0, 0.1) is 6.92 Å². The first-order valence-electron chi connectivity index (χ1n) is 9.82. The Kier molecular flexibility index (Phi) is 5.52. The predicted octanol–water partition coefficient (Wildman–Crippen LogP) is 2.70. The summed E-state index contributed by atoms with van der Waals surface area (Å²) in [6.07, 6.45) is 0. The van der Waals surface area contributed by atoms with Crippen LogP contribution in [0.5, 0.6) is 0 Å². The highest BCUT2D eigenvalue weighted by Crippen LogP contribution is 2.44. The van der Waals surface area contributed by atoms with Crippen molar-refractivity contribution in [2.24, 2.45) is 0 Å². The Bertz CT molecular complexity index is 1100. The third-order valence-corrected chi connectivity index (χ3v) is 7.99. The molecule has 9 heteroatoms. The zero-order valence-corrected chi connectivity index (χ0v) is 18.9. The highest BCUT2D eigenvalue weighted by Gasteiger charge is 2.37. The van der Waals surface area contributed by atoms with E-state index in [1.54, 1.807) is 43.3 Å². The molecule has 0 spiro atoms. The Morgan fingerprint density at radius 2 is 1.63 bits per heavy atom. The first kappa shape index (κ1) is 21.1. The third kappa shape index (κ3) is 3.58. The number of halogens is 1. The van der Waals surface area contributed by atoms with Gasteiger partial charge in [-0.25, -0.2) is 8.42 Å². The van der Waals surface area contributed by atoms with E-state index in [9.17, 15) is 13.2 Å². The van der Waals surface area contributed by atoms with Crippen molar-refractivity contribution in [2.75, 3.05) is 56.0 Å². The molecule has 1 saturated heterocycles. The normalized spacial score (nSPS) is 19.2. The van der Waals surface area contributed by atoms with Crippen LogP contribution in [0.25, 0.3) is 0 Å². The number of anilines is 3.